The number of fused-ring (bicyclic) bond motifs is 1. The van der Waals surface area contributed by atoms with Gasteiger partial charge in [0.15, 0.2) is 0 Å². The Kier molecular flexibility index (Phi) is 6.58. The number of aryl methyl sites for hydroxylation is 2. The molecule has 0 radical (unpaired) electrons. The van der Waals surface area contributed by atoms with Crippen LogP contribution in [0, 0.1) is 19.8 Å². The van der Waals surface area contributed by atoms with E-state index in [0.29, 0.717) is 25.4 Å². The second kappa shape index (κ2) is 8.97. The van der Waals surface area contributed by atoms with Gasteiger partial charge in [-0.1, -0.05) is 19.1 Å². The van der Waals surface area contributed by atoms with Crippen molar-refractivity contribution in [2.45, 2.75) is 66.6 Å². The molecule has 2 aromatic rings. The summed E-state index contributed by atoms with van der Waals surface area (Å²) in [7, 11) is 1.79. The van der Waals surface area contributed by atoms with Gasteiger partial charge in [0.25, 0.3) is 0 Å². The van der Waals surface area contributed by atoms with Crippen LogP contribution >= 0.6 is 0 Å². The quantitative estimate of drug-likeness (QED) is 0.655. The van der Waals surface area contributed by atoms with Crippen LogP contribution in [0.5, 0.6) is 0 Å². The average Bonchev–Trinajstić information content (AvgIpc) is 3.26. The maximum absolute atomic E-state index is 13.0. The molecule has 1 aliphatic heterocycles. The zero-order chi connectivity index (χ0) is 22.0. The summed E-state index contributed by atoms with van der Waals surface area (Å²) in [6.07, 6.45) is 3.11. The molecule has 164 valence electrons. The van der Waals surface area contributed by atoms with Gasteiger partial charge in [-0.3, -0.25) is 14.3 Å². The number of nitrogens with zero attached hydrogens (tertiary/aromatic N) is 7. The lowest BCUT2D eigenvalue weighted by Gasteiger charge is -2.34. The molecule has 9 nitrogen and oxygen atoms in total. The van der Waals surface area contributed by atoms with E-state index in [1.165, 1.54) is 5.56 Å². The summed E-state index contributed by atoms with van der Waals surface area (Å²) in [5.41, 5.74) is 4.23. The van der Waals surface area contributed by atoms with Crippen LogP contribution in [0.1, 0.15) is 55.9 Å². The second-order valence-corrected chi connectivity index (χ2v) is 8.54. The molecule has 9 heteroatoms. The van der Waals surface area contributed by atoms with Crippen LogP contribution < -0.4 is 0 Å². The lowest BCUT2D eigenvalue weighted by atomic mass is 10.0. The Morgan fingerprint density at radius 3 is 2.70 bits per heavy atom. The van der Waals surface area contributed by atoms with E-state index in [-0.39, 0.29) is 24.4 Å². The van der Waals surface area contributed by atoms with Crippen molar-refractivity contribution >= 4 is 11.8 Å². The SMILES string of the molecule is CCn1nc(C)c(CCN(C)C(=O)CN2Cc3cnnn3[C@@H](CC(C)C)C2=O)c1C. The predicted molar refractivity (Wildman–Crippen MR) is 113 cm³/mol. The normalized spacial score (nSPS) is 16.3. The molecule has 2 aromatic heterocycles. The molecule has 1 atom stereocenters. The number of aromatic nitrogens is 5. The number of carbonyl (C=O) groups is 2. The minimum Gasteiger partial charge on any atom is -0.344 e. The molecular weight excluding hydrogens is 382 g/mol. The van der Waals surface area contributed by atoms with E-state index in [2.05, 4.69) is 43.1 Å². The van der Waals surface area contributed by atoms with E-state index >= 15 is 0 Å². The van der Waals surface area contributed by atoms with E-state index in [1.807, 2.05) is 11.6 Å². The fourth-order valence-electron chi connectivity index (χ4n) is 4.10. The molecule has 0 saturated heterocycles. The largest absolute Gasteiger partial charge is 0.344 e. The molecule has 30 heavy (non-hydrogen) atoms. The first-order chi connectivity index (χ1) is 14.2. The Morgan fingerprint density at radius 1 is 1.33 bits per heavy atom. The van der Waals surface area contributed by atoms with E-state index in [9.17, 15) is 9.59 Å². The first-order valence-electron chi connectivity index (χ1n) is 10.7. The topological polar surface area (TPSA) is 89.2 Å². The lowest BCUT2D eigenvalue weighted by Crippen LogP contribution is -2.48. The van der Waals surface area contributed by atoms with Crippen molar-refractivity contribution in [1.29, 1.82) is 0 Å². The monoisotopic (exact) mass is 415 g/mol. The third kappa shape index (κ3) is 4.39. The standard InChI is InChI=1S/C21H33N7O2/c1-7-27-16(5)18(15(4)23-27)8-9-25(6)20(29)13-26-12-17-11-22-24-28(17)19(21(26)30)10-14(2)3/h11,14,19H,7-10,12-13H2,1-6H3/t19-/m0/s1. The molecule has 0 aromatic carbocycles. The van der Waals surface area contributed by atoms with Crippen LogP contribution in [-0.2, 0) is 29.1 Å². The van der Waals surface area contributed by atoms with E-state index in [1.54, 1.807) is 27.7 Å². The van der Waals surface area contributed by atoms with Gasteiger partial charge in [0.1, 0.15) is 12.6 Å². The first-order valence-corrected chi connectivity index (χ1v) is 10.7. The third-order valence-electron chi connectivity index (χ3n) is 5.87. The van der Waals surface area contributed by atoms with Gasteiger partial charge in [-0.2, -0.15) is 5.10 Å². The molecule has 0 bridgehead atoms. The molecule has 0 aliphatic carbocycles. The summed E-state index contributed by atoms with van der Waals surface area (Å²) in [5, 5.41) is 12.6. The predicted octanol–water partition coefficient (Wildman–Crippen LogP) is 1.74. The van der Waals surface area contributed by atoms with Crippen LogP contribution in [0.15, 0.2) is 6.20 Å². The Labute approximate surface area is 178 Å². The summed E-state index contributed by atoms with van der Waals surface area (Å²) < 4.78 is 3.70. The highest BCUT2D eigenvalue weighted by Crippen LogP contribution is 2.26. The molecule has 3 rings (SSSR count). The fraction of sp³-hybridized carbons (Fsp3) is 0.667. The van der Waals surface area contributed by atoms with Gasteiger partial charge in [-0.15, -0.1) is 5.10 Å². The van der Waals surface area contributed by atoms with Gasteiger partial charge in [-0.25, -0.2) is 4.68 Å². The van der Waals surface area contributed by atoms with Crippen LogP contribution in [0.4, 0.5) is 0 Å². The average molecular weight is 416 g/mol. The molecule has 0 spiro atoms. The van der Waals surface area contributed by atoms with Gasteiger partial charge in [-0.05, 0) is 45.1 Å². The van der Waals surface area contributed by atoms with Gasteiger partial charge in [0.2, 0.25) is 11.8 Å². The Balaban J connectivity index is 1.64. The van der Waals surface area contributed by atoms with Crippen LogP contribution in [0.2, 0.25) is 0 Å². The van der Waals surface area contributed by atoms with Crippen molar-refractivity contribution in [3.8, 4) is 0 Å². The Bertz CT molecular complexity index is 915. The molecule has 1 aliphatic rings. The zero-order valence-electron chi connectivity index (χ0n) is 18.9. The van der Waals surface area contributed by atoms with E-state index in [0.717, 1.165) is 30.0 Å². The van der Waals surface area contributed by atoms with Gasteiger partial charge >= 0.3 is 0 Å². The zero-order valence-corrected chi connectivity index (χ0v) is 18.9. The number of hydrogen-bond donors (Lipinski definition) is 0. The highest BCUT2D eigenvalue weighted by molar-refractivity contribution is 5.87. The molecule has 3 heterocycles. The minimum atomic E-state index is -0.389. The minimum absolute atomic E-state index is 0.0561. The number of carbonyl (C=O) groups excluding carboxylic acids is 2. The number of likely N-dealkylation sites (N-methyl/N-ethyl adjacent to an activating group) is 1. The summed E-state index contributed by atoms with van der Waals surface area (Å²) in [6.45, 7) is 12.2. The number of hydrogen-bond acceptors (Lipinski definition) is 5. The smallest absolute Gasteiger partial charge is 0.248 e. The van der Waals surface area contributed by atoms with Crippen molar-refractivity contribution in [1.82, 2.24) is 34.6 Å². The van der Waals surface area contributed by atoms with E-state index < -0.39 is 0 Å². The fourth-order valence-corrected chi connectivity index (χ4v) is 4.10. The van der Waals surface area contributed by atoms with Crippen molar-refractivity contribution in [2.75, 3.05) is 20.1 Å². The summed E-state index contributed by atoms with van der Waals surface area (Å²) in [4.78, 5) is 29.2. The molecule has 0 N–H and O–H groups in total. The highest BCUT2D eigenvalue weighted by Gasteiger charge is 2.35. The van der Waals surface area contributed by atoms with Crippen molar-refractivity contribution < 1.29 is 9.59 Å². The Hall–Kier alpha value is -2.71. The van der Waals surface area contributed by atoms with Gasteiger partial charge in [0, 0.05) is 25.8 Å². The molecule has 0 fully saturated rings. The molecule has 0 unspecified atom stereocenters. The van der Waals surface area contributed by atoms with Crippen LogP contribution in [-0.4, -0.2) is 66.5 Å². The van der Waals surface area contributed by atoms with Gasteiger partial charge < -0.3 is 9.80 Å². The van der Waals surface area contributed by atoms with Crippen molar-refractivity contribution in [2.24, 2.45) is 5.92 Å². The van der Waals surface area contributed by atoms with Crippen molar-refractivity contribution in [3.05, 3.63) is 28.8 Å². The maximum atomic E-state index is 13.0. The first kappa shape index (κ1) is 22.0. The summed E-state index contributed by atoms with van der Waals surface area (Å²) in [6, 6.07) is -0.389. The van der Waals surface area contributed by atoms with Crippen LogP contribution in [0.25, 0.3) is 0 Å². The van der Waals surface area contributed by atoms with Crippen molar-refractivity contribution in [3.63, 3.8) is 0 Å². The Morgan fingerprint density at radius 2 is 2.07 bits per heavy atom. The van der Waals surface area contributed by atoms with Gasteiger partial charge in [0.05, 0.1) is 24.1 Å². The van der Waals surface area contributed by atoms with Crippen LogP contribution in [0.3, 0.4) is 0 Å². The number of amides is 2. The summed E-state index contributed by atoms with van der Waals surface area (Å²) >= 11 is 0. The third-order valence-corrected chi connectivity index (χ3v) is 5.87. The molecule has 0 saturated carbocycles. The number of rotatable bonds is 8. The second-order valence-electron chi connectivity index (χ2n) is 8.54. The highest BCUT2D eigenvalue weighted by atomic mass is 16.2. The summed E-state index contributed by atoms with van der Waals surface area (Å²) in [5.74, 6) is 0.218. The molecular formula is C21H33N7O2. The van der Waals surface area contributed by atoms with E-state index in [4.69, 9.17) is 0 Å². The molecule has 2 amide bonds. The lowest BCUT2D eigenvalue weighted by molar-refractivity contribution is -0.144. The maximum Gasteiger partial charge on any atom is 0.248 e.